The van der Waals surface area contributed by atoms with E-state index in [0.717, 1.165) is 40.4 Å². The number of nitrogens with zero attached hydrogens (tertiary/aromatic N) is 2. The first-order valence-electron chi connectivity index (χ1n) is 11.3. The van der Waals surface area contributed by atoms with Gasteiger partial charge in [-0.25, -0.2) is 0 Å². The monoisotopic (exact) mass is 498 g/mol. The van der Waals surface area contributed by atoms with Crippen molar-refractivity contribution in [3.8, 4) is 0 Å². The Morgan fingerprint density at radius 3 is 2.36 bits per heavy atom. The third-order valence-corrected chi connectivity index (χ3v) is 6.94. The minimum Gasteiger partial charge on any atom is -0.361 e. The van der Waals surface area contributed by atoms with E-state index in [0.29, 0.717) is 24.5 Å². The largest absolute Gasteiger partial charge is 0.361 e. The zero-order valence-electron chi connectivity index (χ0n) is 18.7. The van der Waals surface area contributed by atoms with Crippen molar-refractivity contribution in [2.45, 2.75) is 37.1 Å². The summed E-state index contributed by atoms with van der Waals surface area (Å²) in [7, 11) is 0. The average molecular weight is 500 g/mol. The van der Waals surface area contributed by atoms with Crippen molar-refractivity contribution in [3.63, 3.8) is 0 Å². The van der Waals surface area contributed by atoms with E-state index in [1.807, 2.05) is 47.4 Å². The molecule has 3 nitrogen and oxygen atoms in total. The maximum Gasteiger partial charge on any atom is 0.227 e. The van der Waals surface area contributed by atoms with E-state index >= 15 is 0 Å². The summed E-state index contributed by atoms with van der Waals surface area (Å²) in [6.45, 7) is 4.24. The zero-order chi connectivity index (χ0) is 23.4. The lowest BCUT2D eigenvalue weighted by molar-refractivity contribution is -0.131. The van der Waals surface area contributed by atoms with E-state index in [4.69, 9.17) is 23.2 Å². The van der Waals surface area contributed by atoms with Crippen LogP contribution < -0.4 is 4.90 Å². The van der Waals surface area contributed by atoms with Crippen molar-refractivity contribution in [2.75, 3.05) is 24.5 Å². The van der Waals surface area contributed by atoms with Crippen LogP contribution >= 0.6 is 35.8 Å². The molecule has 0 N–H and O–H groups in total. The number of rotatable bonds is 6. The Bertz CT molecular complexity index is 1100. The predicted octanol–water partition coefficient (Wildman–Crippen LogP) is 6.87. The number of anilines is 1. The molecule has 1 amide bonds. The predicted molar refractivity (Wildman–Crippen MR) is 141 cm³/mol. The molecule has 1 aliphatic heterocycles. The van der Waals surface area contributed by atoms with E-state index in [2.05, 4.69) is 48.7 Å². The summed E-state index contributed by atoms with van der Waals surface area (Å²) in [6, 6.07) is 21.9. The highest BCUT2D eigenvalue weighted by molar-refractivity contribution is 7.80. The van der Waals surface area contributed by atoms with Gasteiger partial charge in [-0.15, -0.1) is 12.6 Å². The first-order valence-corrected chi connectivity index (χ1v) is 12.5. The number of thiol groups is 1. The Morgan fingerprint density at radius 1 is 0.970 bits per heavy atom. The molecule has 3 aromatic rings. The highest BCUT2D eigenvalue weighted by atomic mass is 35.5. The molecule has 3 aromatic carbocycles. The van der Waals surface area contributed by atoms with Crippen molar-refractivity contribution >= 4 is 47.4 Å². The van der Waals surface area contributed by atoms with Crippen LogP contribution in [0.15, 0.2) is 71.6 Å². The van der Waals surface area contributed by atoms with Gasteiger partial charge in [0.05, 0.1) is 12.5 Å². The van der Waals surface area contributed by atoms with Crippen LogP contribution in [0.3, 0.4) is 0 Å². The van der Waals surface area contributed by atoms with Gasteiger partial charge in [0, 0.05) is 40.3 Å². The van der Waals surface area contributed by atoms with E-state index < -0.39 is 0 Å². The van der Waals surface area contributed by atoms with E-state index in [9.17, 15) is 4.79 Å². The summed E-state index contributed by atoms with van der Waals surface area (Å²) < 4.78 is 0. The second-order valence-corrected chi connectivity index (χ2v) is 9.86. The Labute approximate surface area is 211 Å². The molecule has 1 atom stereocenters. The molecule has 1 unspecified atom stereocenters. The van der Waals surface area contributed by atoms with Crippen LogP contribution in [0.25, 0.3) is 0 Å². The van der Waals surface area contributed by atoms with Gasteiger partial charge in [0.1, 0.15) is 0 Å². The van der Waals surface area contributed by atoms with Crippen molar-refractivity contribution in [2.24, 2.45) is 0 Å². The van der Waals surface area contributed by atoms with Gasteiger partial charge in [0.15, 0.2) is 0 Å². The smallest absolute Gasteiger partial charge is 0.227 e. The Hall–Kier alpha value is -2.14. The van der Waals surface area contributed by atoms with Crippen molar-refractivity contribution in [3.05, 3.63) is 93.5 Å². The lowest BCUT2D eigenvalue weighted by atomic mass is 9.98. The first-order chi connectivity index (χ1) is 15.9. The number of piperazine rings is 1. The molecule has 1 aliphatic rings. The highest BCUT2D eigenvalue weighted by Crippen LogP contribution is 2.35. The number of hydrogen-bond donors (Lipinski definition) is 1. The minimum absolute atomic E-state index is 0.0385. The summed E-state index contributed by atoms with van der Waals surface area (Å²) in [5.41, 5.74) is 4.59. The molecule has 6 heteroatoms. The SMILES string of the molecule is CCCc1cc(Cl)ccc1N1CCN(C(=O)Cc2ccc(S)cc2)CC1c1ccc(Cl)cc1. The van der Waals surface area contributed by atoms with Crippen LogP contribution in [-0.4, -0.2) is 30.4 Å². The normalized spacial score (nSPS) is 16.2. The lowest BCUT2D eigenvalue weighted by Crippen LogP contribution is -2.51. The standard InChI is InChI=1S/C27H28Cl2N2OS/c1-2-3-21-17-23(29)10-13-25(21)31-15-14-30(18-26(31)20-6-8-22(28)9-7-20)27(32)16-19-4-11-24(33)12-5-19/h4-13,17,26,33H,2-3,14-16,18H2,1H3. The van der Waals surface area contributed by atoms with Crippen LogP contribution in [0.1, 0.15) is 36.1 Å². The van der Waals surface area contributed by atoms with Gasteiger partial charge in [-0.05, 0) is 65.6 Å². The van der Waals surface area contributed by atoms with Gasteiger partial charge in [0.25, 0.3) is 0 Å². The number of amides is 1. The summed E-state index contributed by atoms with van der Waals surface area (Å²) in [5.74, 6) is 0.144. The van der Waals surface area contributed by atoms with Crippen LogP contribution in [-0.2, 0) is 17.6 Å². The van der Waals surface area contributed by atoms with Crippen LogP contribution in [0.2, 0.25) is 10.0 Å². The molecular weight excluding hydrogens is 471 g/mol. The second kappa shape index (κ2) is 10.9. The van der Waals surface area contributed by atoms with Gasteiger partial charge in [-0.3, -0.25) is 4.79 Å². The molecular formula is C27H28Cl2N2OS. The van der Waals surface area contributed by atoms with Gasteiger partial charge in [-0.1, -0.05) is 60.8 Å². The average Bonchev–Trinajstić information content (AvgIpc) is 2.81. The fourth-order valence-corrected chi connectivity index (χ4v) is 4.94. The van der Waals surface area contributed by atoms with Gasteiger partial charge < -0.3 is 9.80 Å². The fraction of sp³-hybridized carbons (Fsp3) is 0.296. The third-order valence-electron chi connectivity index (χ3n) is 6.15. The maximum atomic E-state index is 13.2. The molecule has 33 heavy (non-hydrogen) atoms. The number of halogens is 2. The number of benzene rings is 3. The fourth-order valence-electron chi connectivity index (χ4n) is 4.47. The highest BCUT2D eigenvalue weighted by Gasteiger charge is 2.31. The Kier molecular flexibility index (Phi) is 7.90. The number of carbonyl (C=O) groups is 1. The quantitative estimate of drug-likeness (QED) is 0.374. The molecule has 1 saturated heterocycles. The van der Waals surface area contributed by atoms with Gasteiger partial charge in [-0.2, -0.15) is 0 Å². The molecule has 0 saturated carbocycles. The topological polar surface area (TPSA) is 23.6 Å². The summed E-state index contributed by atoms with van der Waals surface area (Å²) in [6.07, 6.45) is 2.40. The van der Waals surface area contributed by atoms with Crippen molar-refractivity contribution < 1.29 is 4.79 Å². The second-order valence-electron chi connectivity index (χ2n) is 8.47. The van der Waals surface area contributed by atoms with E-state index in [-0.39, 0.29) is 11.9 Å². The van der Waals surface area contributed by atoms with Gasteiger partial charge >= 0.3 is 0 Å². The molecule has 4 rings (SSSR count). The first kappa shape index (κ1) is 24.0. The minimum atomic E-state index is 0.0385. The molecule has 172 valence electrons. The Balaban J connectivity index is 1.62. The molecule has 1 fully saturated rings. The third kappa shape index (κ3) is 5.87. The van der Waals surface area contributed by atoms with Crippen LogP contribution in [0.5, 0.6) is 0 Å². The van der Waals surface area contributed by atoms with Gasteiger partial charge in [0.2, 0.25) is 5.91 Å². The molecule has 0 aromatic heterocycles. The van der Waals surface area contributed by atoms with E-state index in [1.54, 1.807) is 0 Å². The summed E-state index contributed by atoms with van der Waals surface area (Å²) >= 11 is 16.8. The van der Waals surface area contributed by atoms with E-state index in [1.165, 1.54) is 11.3 Å². The lowest BCUT2D eigenvalue weighted by Gasteiger charge is -2.44. The maximum absolute atomic E-state index is 13.2. The molecule has 1 heterocycles. The number of carbonyl (C=O) groups excluding carboxylic acids is 1. The van der Waals surface area contributed by atoms with Crippen molar-refractivity contribution in [1.82, 2.24) is 4.90 Å². The summed E-state index contributed by atoms with van der Waals surface area (Å²) in [4.78, 5) is 18.5. The van der Waals surface area contributed by atoms with Crippen LogP contribution in [0, 0.1) is 0 Å². The zero-order valence-corrected chi connectivity index (χ0v) is 21.1. The number of hydrogen-bond acceptors (Lipinski definition) is 3. The molecule has 0 radical (unpaired) electrons. The van der Waals surface area contributed by atoms with Crippen molar-refractivity contribution in [1.29, 1.82) is 0 Å². The number of aryl methyl sites for hydroxylation is 1. The molecule has 0 aliphatic carbocycles. The Morgan fingerprint density at radius 2 is 1.67 bits per heavy atom. The molecule has 0 bridgehead atoms. The van der Waals surface area contributed by atoms with Crippen LogP contribution in [0.4, 0.5) is 5.69 Å². The summed E-state index contributed by atoms with van der Waals surface area (Å²) in [5, 5.41) is 1.46. The molecule has 0 spiro atoms.